The molecule has 0 spiro atoms. The van der Waals surface area contributed by atoms with Crippen LogP contribution in [0.25, 0.3) is 10.1 Å². The number of hydrogen-bond acceptors (Lipinski definition) is 4. The molecule has 0 saturated carbocycles. The molecule has 6 heteroatoms. The van der Waals surface area contributed by atoms with Gasteiger partial charge in [-0.3, -0.25) is 9.59 Å². The zero-order chi connectivity index (χ0) is 18.4. The van der Waals surface area contributed by atoms with Gasteiger partial charge in [0.05, 0.1) is 6.10 Å². The summed E-state index contributed by atoms with van der Waals surface area (Å²) in [5.74, 6) is -1.36. The standard InChI is InChI=1S/C20H24N2O3S/c23-17(16-13-26-18-9-5-4-8-15(16)18)12-22-20(25)19(24)21-11-10-14-6-2-1-3-7-14/h4-6,8-9,13,17,23H,1-3,7,10-12H2,(H,21,24)(H,22,25). The second-order valence-electron chi connectivity index (χ2n) is 6.53. The van der Waals surface area contributed by atoms with Crippen LogP contribution in [-0.2, 0) is 9.59 Å². The minimum absolute atomic E-state index is 0.0120. The lowest BCUT2D eigenvalue weighted by atomic mass is 9.97. The van der Waals surface area contributed by atoms with E-state index < -0.39 is 17.9 Å². The smallest absolute Gasteiger partial charge is 0.309 e. The molecule has 0 saturated heterocycles. The first-order valence-electron chi connectivity index (χ1n) is 9.03. The van der Waals surface area contributed by atoms with Gasteiger partial charge in [-0.25, -0.2) is 0 Å². The van der Waals surface area contributed by atoms with Gasteiger partial charge in [0.25, 0.3) is 0 Å². The van der Waals surface area contributed by atoms with Gasteiger partial charge in [-0.15, -0.1) is 11.3 Å². The van der Waals surface area contributed by atoms with Gasteiger partial charge in [-0.05, 0) is 48.9 Å². The van der Waals surface area contributed by atoms with Crippen molar-refractivity contribution in [3.05, 3.63) is 46.9 Å². The summed E-state index contributed by atoms with van der Waals surface area (Å²) in [6.07, 6.45) is 6.83. The lowest BCUT2D eigenvalue weighted by molar-refractivity contribution is -0.139. The highest BCUT2D eigenvalue weighted by molar-refractivity contribution is 7.17. The summed E-state index contributed by atoms with van der Waals surface area (Å²) in [4.78, 5) is 23.8. The monoisotopic (exact) mass is 372 g/mol. The predicted molar refractivity (Wildman–Crippen MR) is 104 cm³/mol. The van der Waals surface area contributed by atoms with Crippen molar-refractivity contribution < 1.29 is 14.7 Å². The van der Waals surface area contributed by atoms with E-state index in [-0.39, 0.29) is 6.54 Å². The zero-order valence-corrected chi connectivity index (χ0v) is 15.5. The van der Waals surface area contributed by atoms with Crippen molar-refractivity contribution in [2.75, 3.05) is 13.1 Å². The van der Waals surface area contributed by atoms with E-state index in [0.717, 1.165) is 34.9 Å². The minimum Gasteiger partial charge on any atom is -0.387 e. The van der Waals surface area contributed by atoms with Crippen molar-refractivity contribution in [1.82, 2.24) is 10.6 Å². The third-order valence-corrected chi connectivity index (χ3v) is 5.63. The van der Waals surface area contributed by atoms with Crippen LogP contribution in [0, 0.1) is 0 Å². The van der Waals surface area contributed by atoms with Gasteiger partial charge in [0, 0.05) is 23.4 Å². The number of aliphatic hydroxyl groups excluding tert-OH is 1. The number of carbonyl (C=O) groups is 2. The van der Waals surface area contributed by atoms with E-state index >= 15 is 0 Å². The second-order valence-corrected chi connectivity index (χ2v) is 7.44. The normalized spacial score (nSPS) is 15.3. The van der Waals surface area contributed by atoms with E-state index in [1.807, 2.05) is 29.6 Å². The third kappa shape index (κ3) is 4.71. The molecule has 0 radical (unpaired) electrons. The van der Waals surface area contributed by atoms with E-state index in [1.165, 1.54) is 18.4 Å². The number of fused-ring (bicyclic) bond motifs is 1. The Morgan fingerprint density at radius 1 is 1.15 bits per heavy atom. The number of carbonyl (C=O) groups excluding carboxylic acids is 2. The number of amides is 2. The van der Waals surface area contributed by atoms with Crippen molar-refractivity contribution >= 4 is 33.2 Å². The molecule has 5 nitrogen and oxygen atoms in total. The molecule has 3 N–H and O–H groups in total. The van der Waals surface area contributed by atoms with E-state index in [4.69, 9.17) is 0 Å². The first kappa shape index (κ1) is 18.6. The van der Waals surface area contributed by atoms with Crippen molar-refractivity contribution in [1.29, 1.82) is 0 Å². The van der Waals surface area contributed by atoms with Crippen molar-refractivity contribution in [2.45, 2.75) is 38.2 Å². The largest absolute Gasteiger partial charge is 0.387 e. The fourth-order valence-corrected chi connectivity index (χ4v) is 4.19. The highest BCUT2D eigenvalue weighted by Gasteiger charge is 2.17. The molecule has 26 heavy (non-hydrogen) atoms. The average molecular weight is 372 g/mol. The van der Waals surface area contributed by atoms with Crippen LogP contribution in [0.2, 0.25) is 0 Å². The van der Waals surface area contributed by atoms with Gasteiger partial charge >= 0.3 is 11.8 Å². The Morgan fingerprint density at radius 2 is 1.96 bits per heavy atom. The Labute approximate surface area is 157 Å². The SMILES string of the molecule is O=C(NCCC1=CCCCC1)C(=O)NCC(O)c1csc2ccccc12. The molecule has 2 aromatic rings. The fourth-order valence-electron chi connectivity index (χ4n) is 3.18. The summed E-state index contributed by atoms with van der Waals surface area (Å²) in [6, 6.07) is 7.80. The maximum absolute atomic E-state index is 11.9. The van der Waals surface area contributed by atoms with Gasteiger partial charge in [0.2, 0.25) is 0 Å². The van der Waals surface area contributed by atoms with Gasteiger partial charge in [0.15, 0.2) is 0 Å². The number of rotatable bonds is 6. The minimum atomic E-state index is -0.838. The molecule has 2 amide bonds. The van der Waals surface area contributed by atoms with Crippen LogP contribution in [0.15, 0.2) is 41.3 Å². The first-order valence-corrected chi connectivity index (χ1v) is 9.91. The van der Waals surface area contributed by atoms with Crippen LogP contribution in [-0.4, -0.2) is 30.0 Å². The Bertz CT molecular complexity index is 812. The van der Waals surface area contributed by atoms with Crippen LogP contribution in [0.1, 0.15) is 43.8 Å². The molecular formula is C20H24N2O3S. The summed E-state index contributed by atoms with van der Waals surface area (Å²) in [5.41, 5.74) is 2.13. The Morgan fingerprint density at radius 3 is 2.77 bits per heavy atom. The van der Waals surface area contributed by atoms with Gasteiger partial charge in [-0.2, -0.15) is 0 Å². The molecule has 1 atom stereocenters. The van der Waals surface area contributed by atoms with Crippen LogP contribution in [0.3, 0.4) is 0 Å². The Hall–Kier alpha value is -2.18. The number of nitrogens with one attached hydrogen (secondary N) is 2. The maximum atomic E-state index is 11.9. The Balaban J connectivity index is 1.44. The molecule has 1 aromatic heterocycles. The van der Waals surface area contributed by atoms with Crippen LogP contribution in [0.4, 0.5) is 0 Å². The summed E-state index contributed by atoms with van der Waals surface area (Å²) in [7, 11) is 0. The molecule has 0 aliphatic heterocycles. The third-order valence-electron chi connectivity index (χ3n) is 4.65. The van der Waals surface area contributed by atoms with E-state index in [9.17, 15) is 14.7 Å². The highest BCUT2D eigenvalue weighted by Crippen LogP contribution is 2.29. The molecule has 1 aromatic carbocycles. The van der Waals surface area contributed by atoms with Crippen LogP contribution < -0.4 is 10.6 Å². The summed E-state index contributed by atoms with van der Waals surface area (Å²) < 4.78 is 1.09. The topological polar surface area (TPSA) is 78.4 Å². The number of hydrogen-bond donors (Lipinski definition) is 3. The Kier molecular flexibility index (Phi) is 6.41. The number of thiophene rings is 1. The fraction of sp³-hybridized carbons (Fsp3) is 0.400. The van der Waals surface area contributed by atoms with Crippen LogP contribution >= 0.6 is 11.3 Å². The molecule has 1 aliphatic carbocycles. The van der Waals surface area contributed by atoms with Crippen molar-refractivity contribution in [3.63, 3.8) is 0 Å². The number of allylic oxidation sites excluding steroid dienone is 1. The zero-order valence-electron chi connectivity index (χ0n) is 14.7. The van der Waals surface area contributed by atoms with Crippen LogP contribution in [0.5, 0.6) is 0 Å². The molecule has 3 rings (SSSR count). The molecule has 138 valence electrons. The molecule has 0 bridgehead atoms. The van der Waals surface area contributed by atoms with Gasteiger partial charge in [-0.1, -0.05) is 29.8 Å². The van der Waals surface area contributed by atoms with Gasteiger partial charge in [0.1, 0.15) is 0 Å². The predicted octanol–water partition coefficient (Wildman–Crippen LogP) is 3.06. The van der Waals surface area contributed by atoms with Gasteiger partial charge < -0.3 is 15.7 Å². The summed E-state index contributed by atoms with van der Waals surface area (Å²) in [6.45, 7) is 0.480. The maximum Gasteiger partial charge on any atom is 0.309 e. The quantitative estimate of drug-likeness (QED) is 0.539. The highest BCUT2D eigenvalue weighted by atomic mass is 32.1. The van der Waals surface area contributed by atoms with E-state index in [0.29, 0.717) is 6.54 Å². The lowest BCUT2D eigenvalue weighted by Crippen LogP contribution is -2.41. The molecule has 1 heterocycles. The molecule has 1 unspecified atom stereocenters. The summed E-state index contributed by atoms with van der Waals surface area (Å²) >= 11 is 1.55. The number of benzene rings is 1. The van der Waals surface area contributed by atoms with E-state index in [1.54, 1.807) is 11.3 Å². The first-order chi connectivity index (χ1) is 12.6. The van der Waals surface area contributed by atoms with E-state index in [2.05, 4.69) is 16.7 Å². The second kappa shape index (κ2) is 8.96. The average Bonchev–Trinajstić information content (AvgIpc) is 3.11. The number of aliphatic hydroxyl groups is 1. The van der Waals surface area contributed by atoms with Crippen molar-refractivity contribution in [3.8, 4) is 0 Å². The molecule has 1 aliphatic rings. The molecule has 0 fully saturated rings. The summed E-state index contributed by atoms with van der Waals surface area (Å²) in [5, 5.41) is 18.4. The lowest BCUT2D eigenvalue weighted by Gasteiger charge is -2.13. The van der Waals surface area contributed by atoms with Crippen molar-refractivity contribution in [2.24, 2.45) is 0 Å². The molecular weight excluding hydrogens is 348 g/mol.